The molecule has 2 heterocycles. The number of ether oxygens (including phenoxy) is 2. The Morgan fingerprint density at radius 2 is 2.06 bits per heavy atom. The molecule has 4 rings (SSSR count). The molecule has 0 spiro atoms. The summed E-state index contributed by atoms with van der Waals surface area (Å²) in [5.41, 5.74) is 1.09. The van der Waals surface area contributed by atoms with Crippen LogP contribution in [0.25, 0.3) is 10.2 Å². The molecular weight excluding hydrogens is 461 g/mol. The van der Waals surface area contributed by atoms with Gasteiger partial charge in [-0.05, 0) is 41.8 Å². The van der Waals surface area contributed by atoms with Crippen LogP contribution in [0.15, 0.2) is 28.4 Å². The standard InChI is InChI=1S/C23H26FN3O4S.CH4O/c1-30-18-9-15(7-8-17(18)24)10-25-22(29)20-26-21(28)19-16(13-32-23(19)27-20)12-31-11-14-5-3-2-4-6-14;1-2/h7-9,13-14H,2-6,10-12H2,1H3,(H,25,29)(H,26,27,28);2H,1H3. The highest BCUT2D eigenvalue weighted by molar-refractivity contribution is 7.16. The van der Waals surface area contributed by atoms with Crippen molar-refractivity contribution in [2.75, 3.05) is 20.8 Å². The summed E-state index contributed by atoms with van der Waals surface area (Å²) in [6.45, 7) is 1.21. The van der Waals surface area contributed by atoms with Crippen LogP contribution in [0, 0.1) is 11.7 Å². The molecular formula is C24H30FN3O5S. The van der Waals surface area contributed by atoms with Crippen LogP contribution in [0.4, 0.5) is 4.39 Å². The first-order chi connectivity index (χ1) is 16.5. The highest BCUT2D eigenvalue weighted by Gasteiger charge is 2.17. The topological polar surface area (TPSA) is 114 Å². The van der Waals surface area contributed by atoms with Crippen molar-refractivity contribution in [3.05, 3.63) is 56.7 Å². The zero-order valence-electron chi connectivity index (χ0n) is 19.4. The number of nitrogens with one attached hydrogen (secondary N) is 2. The maximum Gasteiger partial charge on any atom is 0.287 e. The molecule has 0 atom stereocenters. The van der Waals surface area contributed by atoms with Crippen molar-refractivity contribution in [1.29, 1.82) is 0 Å². The lowest BCUT2D eigenvalue weighted by atomic mass is 9.90. The van der Waals surface area contributed by atoms with E-state index in [-0.39, 0.29) is 23.7 Å². The lowest BCUT2D eigenvalue weighted by molar-refractivity contribution is 0.0747. The summed E-state index contributed by atoms with van der Waals surface area (Å²) in [5.74, 6) is -0.359. The molecule has 8 nitrogen and oxygen atoms in total. The van der Waals surface area contributed by atoms with Crippen molar-refractivity contribution in [2.24, 2.45) is 5.92 Å². The zero-order chi connectivity index (χ0) is 24.5. The third-order valence-corrected chi connectivity index (χ3v) is 6.66. The number of thiophene rings is 1. The molecule has 0 unspecified atom stereocenters. The van der Waals surface area contributed by atoms with Crippen LogP contribution in [0.1, 0.15) is 53.8 Å². The molecule has 0 bridgehead atoms. The number of hydrogen-bond donors (Lipinski definition) is 3. The minimum absolute atomic E-state index is 0.0619. The number of hydrogen-bond acceptors (Lipinski definition) is 7. The normalized spacial score (nSPS) is 13.9. The second-order valence-electron chi connectivity index (χ2n) is 8.03. The molecule has 10 heteroatoms. The quantitative estimate of drug-likeness (QED) is 0.442. The van der Waals surface area contributed by atoms with Crippen molar-refractivity contribution in [1.82, 2.24) is 15.3 Å². The number of fused-ring (bicyclic) bond motifs is 1. The number of aromatic nitrogens is 2. The number of benzene rings is 1. The van der Waals surface area contributed by atoms with Crippen molar-refractivity contribution in [3.63, 3.8) is 0 Å². The van der Waals surface area contributed by atoms with E-state index in [1.54, 1.807) is 6.07 Å². The van der Waals surface area contributed by atoms with Gasteiger partial charge < -0.3 is 24.9 Å². The molecule has 3 aromatic rings. The monoisotopic (exact) mass is 491 g/mol. The Bertz CT molecular complexity index is 1160. The van der Waals surface area contributed by atoms with Gasteiger partial charge in [-0.25, -0.2) is 9.37 Å². The van der Waals surface area contributed by atoms with Crippen LogP contribution in [0.5, 0.6) is 5.75 Å². The van der Waals surface area contributed by atoms with Crippen LogP contribution >= 0.6 is 11.3 Å². The van der Waals surface area contributed by atoms with E-state index in [9.17, 15) is 14.0 Å². The van der Waals surface area contributed by atoms with Crippen LogP contribution < -0.4 is 15.6 Å². The van der Waals surface area contributed by atoms with Gasteiger partial charge in [-0.3, -0.25) is 9.59 Å². The Hall–Kier alpha value is -2.82. The first-order valence-corrected chi connectivity index (χ1v) is 12.1. The predicted octanol–water partition coefficient (Wildman–Crippen LogP) is 3.77. The summed E-state index contributed by atoms with van der Waals surface area (Å²) in [6.07, 6.45) is 6.24. The lowest BCUT2D eigenvalue weighted by Gasteiger charge is -2.21. The summed E-state index contributed by atoms with van der Waals surface area (Å²) in [7, 11) is 2.38. The third kappa shape index (κ3) is 6.40. The van der Waals surface area contributed by atoms with Gasteiger partial charge in [-0.1, -0.05) is 25.3 Å². The van der Waals surface area contributed by atoms with Crippen molar-refractivity contribution >= 4 is 27.5 Å². The SMILES string of the molecule is CO.COc1cc(CNC(=O)c2nc3scc(COCC4CCCCC4)c3c(=O)[nH]2)ccc1F. The van der Waals surface area contributed by atoms with E-state index in [0.29, 0.717) is 34.9 Å². The number of methoxy groups -OCH3 is 1. The van der Waals surface area contributed by atoms with Crippen LogP contribution in [0.3, 0.4) is 0 Å². The second-order valence-corrected chi connectivity index (χ2v) is 8.88. The first-order valence-electron chi connectivity index (χ1n) is 11.2. The predicted molar refractivity (Wildman–Crippen MR) is 129 cm³/mol. The van der Waals surface area contributed by atoms with Gasteiger partial charge in [0, 0.05) is 25.8 Å². The second kappa shape index (κ2) is 12.6. The summed E-state index contributed by atoms with van der Waals surface area (Å²) >= 11 is 1.32. The molecule has 0 radical (unpaired) electrons. The smallest absolute Gasteiger partial charge is 0.287 e. The van der Waals surface area contributed by atoms with Crippen molar-refractivity contribution in [2.45, 2.75) is 45.3 Å². The fourth-order valence-corrected chi connectivity index (χ4v) is 4.92. The molecule has 34 heavy (non-hydrogen) atoms. The highest BCUT2D eigenvalue weighted by atomic mass is 32.1. The molecule has 184 valence electrons. The Morgan fingerprint density at radius 3 is 2.79 bits per heavy atom. The minimum atomic E-state index is -0.518. The first kappa shape index (κ1) is 25.8. The molecule has 2 aromatic heterocycles. The molecule has 1 aliphatic rings. The molecule has 1 saturated carbocycles. The number of carbonyl (C=O) groups excluding carboxylic acids is 1. The van der Waals surface area contributed by atoms with E-state index < -0.39 is 11.7 Å². The average molecular weight is 492 g/mol. The summed E-state index contributed by atoms with van der Waals surface area (Å²) < 4.78 is 24.4. The molecule has 3 N–H and O–H groups in total. The summed E-state index contributed by atoms with van der Waals surface area (Å²) in [4.78, 5) is 32.6. The maximum absolute atomic E-state index is 13.5. The van der Waals surface area contributed by atoms with Gasteiger partial charge in [0.15, 0.2) is 11.6 Å². The molecule has 1 aromatic carbocycles. The number of halogens is 1. The fourth-order valence-electron chi connectivity index (χ4n) is 3.99. The molecule has 1 fully saturated rings. The fraction of sp³-hybridized carbons (Fsp3) is 0.458. The molecule has 0 saturated heterocycles. The Kier molecular flexibility index (Phi) is 9.55. The van der Waals surface area contributed by atoms with E-state index in [1.807, 2.05) is 5.38 Å². The van der Waals surface area contributed by atoms with Gasteiger partial charge >= 0.3 is 0 Å². The number of carbonyl (C=O) groups is 1. The Labute approximate surface area is 201 Å². The van der Waals surface area contributed by atoms with Crippen molar-refractivity contribution < 1.29 is 23.8 Å². The number of amides is 1. The number of aromatic amines is 1. The van der Waals surface area contributed by atoms with E-state index in [0.717, 1.165) is 12.7 Å². The minimum Gasteiger partial charge on any atom is -0.494 e. The van der Waals surface area contributed by atoms with Gasteiger partial charge in [-0.15, -0.1) is 11.3 Å². The molecule has 0 aliphatic heterocycles. The van der Waals surface area contributed by atoms with Crippen molar-refractivity contribution in [3.8, 4) is 5.75 Å². The summed E-state index contributed by atoms with van der Waals surface area (Å²) in [5, 5.41) is 12.0. The molecule has 1 aliphatic carbocycles. The van der Waals surface area contributed by atoms with Gasteiger partial charge in [-0.2, -0.15) is 0 Å². The van der Waals surface area contributed by atoms with Gasteiger partial charge in [0.25, 0.3) is 11.5 Å². The highest BCUT2D eigenvalue weighted by Crippen LogP contribution is 2.26. The Balaban J connectivity index is 0.00000158. The Morgan fingerprint density at radius 1 is 1.29 bits per heavy atom. The summed E-state index contributed by atoms with van der Waals surface area (Å²) in [6, 6.07) is 4.33. The van der Waals surface area contributed by atoms with Gasteiger partial charge in [0.2, 0.25) is 5.82 Å². The number of aliphatic hydroxyl groups excluding tert-OH is 1. The number of nitrogens with zero attached hydrogens (tertiary/aromatic N) is 1. The number of aliphatic hydroxyl groups is 1. The van der Waals surface area contributed by atoms with E-state index in [1.165, 1.54) is 62.7 Å². The largest absolute Gasteiger partial charge is 0.494 e. The van der Waals surface area contributed by atoms with E-state index in [4.69, 9.17) is 14.6 Å². The van der Waals surface area contributed by atoms with Gasteiger partial charge in [0.1, 0.15) is 4.83 Å². The molecule has 1 amide bonds. The zero-order valence-corrected chi connectivity index (χ0v) is 20.2. The number of H-pyrrole nitrogens is 1. The van der Waals surface area contributed by atoms with Gasteiger partial charge in [0.05, 0.1) is 19.1 Å². The van der Waals surface area contributed by atoms with Crippen LogP contribution in [-0.2, 0) is 17.9 Å². The third-order valence-electron chi connectivity index (χ3n) is 5.74. The van der Waals surface area contributed by atoms with E-state index >= 15 is 0 Å². The maximum atomic E-state index is 13.5. The van der Waals surface area contributed by atoms with E-state index in [2.05, 4.69) is 15.3 Å². The lowest BCUT2D eigenvalue weighted by Crippen LogP contribution is -2.27. The number of rotatable bonds is 8. The average Bonchev–Trinajstić information content (AvgIpc) is 3.28. The van der Waals surface area contributed by atoms with Crippen LogP contribution in [0.2, 0.25) is 0 Å². The van der Waals surface area contributed by atoms with Crippen LogP contribution in [-0.4, -0.2) is 41.8 Å².